The lowest BCUT2D eigenvalue weighted by Gasteiger charge is -2.15. The number of halogens is 1. The van der Waals surface area contributed by atoms with Crippen molar-refractivity contribution in [1.82, 2.24) is 15.5 Å². The normalized spacial score (nSPS) is 11.8. The molecule has 144 valence electrons. The van der Waals surface area contributed by atoms with Crippen molar-refractivity contribution >= 4 is 23.5 Å². The number of hydrogen-bond acceptors (Lipinski definition) is 6. The quantitative estimate of drug-likeness (QED) is 0.585. The molecule has 0 aliphatic rings. The maximum Gasteiger partial charge on any atom is 0.277 e. The van der Waals surface area contributed by atoms with E-state index >= 15 is 0 Å². The zero-order valence-corrected chi connectivity index (χ0v) is 15.9. The standard InChI is InChI=1S/C20H18FN3O3S/c1-13(25)17(11-14-7-3-2-4-8-14)22-18(26)12-28-20-24-23-19(27-20)15-9-5-6-10-16(15)21/h2-10,17H,11-12H2,1H3,(H,22,26). The molecular weight excluding hydrogens is 381 g/mol. The van der Waals surface area contributed by atoms with Gasteiger partial charge >= 0.3 is 0 Å². The largest absolute Gasteiger partial charge is 0.411 e. The lowest BCUT2D eigenvalue weighted by atomic mass is 10.0. The minimum absolute atomic E-state index is 0.00251. The van der Waals surface area contributed by atoms with Crippen molar-refractivity contribution < 1.29 is 18.4 Å². The zero-order chi connectivity index (χ0) is 19.9. The predicted molar refractivity (Wildman–Crippen MR) is 103 cm³/mol. The number of benzene rings is 2. The molecule has 0 fully saturated rings. The van der Waals surface area contributed by atoms with Gasteiger partial charge in [-0.1, -0.05) is 54.2 Å². The van der Waals surface area contributed by atoms with Gasteiger partial charge < -0.3 is 9.73 Å². The van der Waals surface area contributed by atoms with Crippen LogP contribution >= 0.6 is 11.8 Å². The molecule has 0 spiro atoms. The second kappa shape index (κ2) is 9.27. The first-order chi connectivity index (χ1) is 13.5. The highest BCUT2D eigenvalue weighted by molar-refractivity contribution is 7.99. The van der Waals surface area contributed by atoms with E-state index in [0.29, 0.717) is 6.42 Å². The molecule has 0 saturated carbocycles. The van der Waals surface area contributed by atoms with E-state index in [0.717, 1.165) is 17.3 Å². The number of carbonyl (C=O) groups excluding carboxylic acids is 2. The van der Waals surface area contributed by atoms with Crippen LogP contribution in [0.2, 0.25) is 0 Å². The third-order valence-electron chi connectivity index (χ3n) is 3.95. The molecule has 2 aromatic carbocycles. The SMILES string of the molecule is CC(=O)C(Cc1ccccc1)NC(=O)CSc1nnc(-c2ccccc2F)o1. The molecule has 3 rings (SSSR count). The molecule has 0 aliphatic heterocycles. The number of ketones is 1. The van der Waals surface area contributed by atoms with E-state index in [1.165, 1.54) is 19.1 Å². The van der Waals surface area contributed by atoms with Gasteiger partial charge in [0, 0.05) is 0 Å². The lowest BCUT2D eigenvalue weighted by Crippen LogP contribution is -2.42. The minimum Gasteiger partial charge on any atom is -0.411 e. The van der Waals surface area contributed by atoms with Gasteiger partial charge in [-0.3, -0.25) is 9.59 Å². The third-order valence-corrected chi connectivity index (χ3v) is 4.76. The fraction of sp³-hybridized carbons (Fsp3) is 0.200. The summed E-state index contributed by atoms with van der Waals surface area (Å²) in [5.74, 6) is -0.872. The van der Waals surface area contributed by atoms with Crippen molar-refractivity contribution in [2.75, 3.05) is 5.75 Å². The molecule has 1 atom stereocenters. The molecular formula is C20H18FN3O3S. The van der Waals surface area contributed by atoms with Crippen molar-refractivity contribution in [1.29, 1.82) is 0 Å². The van der Waals surface area contributed by atoms with Crippen LogP contribution in [0.1, 0.15) is 12.5 Å². The number of carbonyl (C=O) groups is 2. The Morgan fingerprint density at radius 3 is 2.54 bits per heavy atom. The van der Waals surface area contributed by atoms with Gasteiger partial charge in [0.25, 0.3) is 11.1 Å². The van der Waals surface area contributed by atoms with Crippen LogP contribution in [0.5, 0.6) is 0 Å². The van der Waals surface area contributed by atoms with Crippen molar-refractivity contribution in [3.63, 3.8) is 0 Å². The maximum absolute atomic E-state index is 13.8. The number of thioether (sulfide) groups is 1. The van der Waals surface area contributed by atoms with Gasteiger partial charge in [-0.05, 0) is 31.0 Å². The highest BCUT2D eigenvalue weighted by Crippen LogP contribution is 2.24. The van der Waals surface area contributed by atoms with Crippen molar-refractivity contribution in [2.45, 2.75) is 24.6 Å². The molecule has 0 bridgehead atoms. The molecule has 0 aliphatic carbocycles. The summed E-state index contributed by atoms with van der Waals surface area (Å²) in [4.78, 5) is 24.1. The number of aromatic nitrogens is 2. The zero-order valence-electron chi connectivity index (χ0n) is 15.1. The summed E-state index contributed by atoms with van der Waals surface area (Å²) in [7, 11) is 0. The molecule has 3 aromatic rings. The topological polar surface area (TPSA) is 85.1 Å². The summed E-state index contributed by atoms with van der Waals surface area (Å²) in [5, 5.41) is 10.5. The Hall–Kier alpha value is -3.00. The number of nitrogens with zero attached hydrogens (tertiary/aromatic N) is 2. The molecule has 28 heavy (non-hydrogen) atoms. The maximum atomic E-state index is 13.8. The van der Waals surface area contributed by atoms with E-state index in [2.05, 4.69) is 15.5 Å². The Morgan fingerprint density at radius 2 is 1.82 bits per heavy atom. The minimum atomic E-state index is -0.604. The molecule has 1 aromatic heterocycles. The van der Waals surface area contributed by atoms with Gasteiger partial charge in [0.1, 0.15) is 5.82 Å². The van der Waals surface area contributed by atoms with Crippen LogP contribution in [0.15, 0.2) is 64.2 Å². The number of amides is 1. The van der Waals surface area contributed by atoms with E-state index in [4.69, 9.17) is 4.42 Å². The Morgan fingerprint density at radius 1 is 1.11 bits per heavy atom. The van der Waals surface area contributed by atoms with E-state index in [-0.39, 0.29) is 34.1 Å². The van der Waals surface area contributed by atoms with Crippen LogP contribution in [0.3, 0.4) is 0 Å². The first-order valence-corrected chi connectivity index (χ1v) is 9.56. The van der Waals surface area contributed by atoms with Gasteiger partial charge in [0.05, 0.1) is 17.4 Å². The van der Waals surface area contributed by atoms with E-state index in [1.54, 1.807) is 12.1 Å². The van der Waals surface area contributed by atoms with Crippen LogP contribution in [0, 0.1) is 5.82 Å². The fourth-order valence-electron chi connectivity index (χ4n) is 2.52. The molecule has 0 saturated heterocycles. The Kier molecular flexibility index (Phi) is 6.54. The average molecular weight is 399 g/mol. The predicted octanol–water partition coefficient (Wildman–Crippen LogP) is 3.28. The second-order valence-electron chi connectivity index (χ2n) is 6.06. The van der Waals surface area contributed by atoms with Crippen LogP contribution in [-0.4, -0.2) is 33.7 Å². The fourth-order valence-corrected chi connectivity index (χ4v) is 3.10. The molecule has 0 radical (unpaired) electrons. The van der Waals surface area contributed by atoms with Crippen molar-refractivity contribution in [2.24, 2.45) is 0 Å². The van der Waals surface area contributed by atoms with Crippen LogP contribution in [-0.2, 0) is 16.0 Å². The molecule has 6 nitrogen and oxygen atoms in total. The summed E-state index contributed by atoms with van der Waals surface area (Å²) in [6.07, 6.45) is 0.421. The van der Waals surface area contributed by atoms with Crippen molar-refractivity contribution in [3.05, 3.63) is 66.0 Å². The van der Waals surface area contributed by atoms with Gasteiger partial charge in [-0.25, -0.2) is 4.39 Å². The molecule has 1 N–H and O–H groups in total. The first kappa shape index (κ1) is 19.8. The summed E-state index contributed by atoms with van der Waals surface area (Å²) in [6.45, 7) is 1.44. The summed E-state index contributed by atoms with van der Waals surface area (Å²) in [5.41, 5.74) is 1.16. The van der Waals surface area contributed by atoms with Crippen LogP contribution in [0.4, 0.5) is 4.39 Å². The number of nitrogens with one attached hydrogen (secondary N) is 1. The van der Waals surface area contributed by atoms with Gasteiger partial charge in [0.15, 0.2) is 5.78 Å². The number of hydrogen-bond donors (Lipinski definition) is 1. The van der Waals surface area contributed by atoms with Gasteiger partial charge in [0.2, 0.25) is 5.91 Å². The Balaban J connectivity index is 1.56. The van der Waals surface area contributed by atoms with E-state index in [1.807, 2.05) is 30.3 Å². The number of rotatable bonds is 8. The summed E-state index contributed by atoms with van der Waals surface area (Å²) >= 11 is 1.02. The molecule has 8 heteroatoms. The summed E-state index contributed by atoms with van der Waals surface area (Å²) in [6, 6.07) is 14.9. The van der Waals surface area contributed by atoms with E-state index in [9.17, 15) is 14.0 Å². The first-order valence-electron chi connectivity index (χ1n) is 8.58. The van der Waals surface area contributed by atoms with Gasteiger partial charge in [-0.15, -0.1) is 10.2 Å². The van der Waals surface area contributed by atoms with Crippen LogP contribution in [0.25, 0.3) is 11.5 Å². The van der Waals surface area contributed by atoms with Gasteiger partial charge in [-0.2, -0.15) is 0 Å². The monoisotopic (exact) mass is 399 g/mol. The molecule has 1 amide bonds. The highest BCUT2D eigenvalue weighted by atomic mass is 32.2. The highest BCUT2D eigenvalue weighted by Gasteiger charge is 2.19. The van der Waals surface area contributed by atoms with Crippen LogP contribution < -0.4 is 5.32 Å². The number of Topliss-reactive ketones (excluding diaryl/α,β-unsaturated/α-hetero) is 1. The lowest BCUT2D eigenvalue weighted by molar-refractivity contribution is -0.125. The van der Waals surface area contributed by atoms with E-state index < -0.39 is 11.9 Å². The smallest absolute Gasteiger partial charge is 0.277 e. The average Bonchev–Trinajstić information content (AvgIpc) is 3.16. The molecule has 1 heterocycles. The Bertz CT molecular complexity index is 962. The Labute approximate surface area is 165 Å². The third kappa shape index (κ3) is 5.26. The summed E-state index contributed by atoms with van der Waals surface area (Å²) < 4.78 is 19.2. The van der Waals surface area contributed by atoms with Crippen molar-refractivity contribution in [3.8, 4) is 11.5 Å². The second-order valence-corrected chi connectivity index (χ2v) is 6.99. The molecule has 1 unspecified atom stereocenters.